The number of nitrogens with zero attached hydrogens (tertiary/aromatic N) is 1. The van der Waals surface area contributed by atoms with Crippen LogP contribution in [0.2, 0.25) is 0 Å². The number of hydrogen-bond acceptors (Lipinski definition) is 4. The third-order valence-electron chi connectivity index (χ3n) is 5.18. The average Bonchev–Trinajstić information content (AvgIpc) is 3.11. The van der Waals surface area contributed by atoms with Crippen LogP contribution in [0.5, 0.6) is 0 Å². The number of ether oxygens (including phenoxy) is 2. The number of hydrogen-bond donors (Lipinski definition) is 1. The maximum Gasteiger partial charge on any atom is 0.256 e. The Balaban J connectivity index is 1.98. The summed E-state index contributed by atoms with van der Waals surface area (Å²) in [6.07, 6.45) is 2.49. The van der Waals surface area contributed by atoms with E-state index >= 15 is 0 Å². The minimum absolute atomic E-state index is 0.0797. The molecule has 0 aromatic carbocycles. The maximum atomic E-state index is 13.0. The zero-order valence-corrected chi connectivity index (χ0v) is 14.8. The molecule has 3 heterocycles. The molecule has 0 saturated carbocycles. The number of epoxide rings is 1. The molecule has 2 unspecified atom stereocenters. The van der Waals surface area contributed by atoms with Gasteiger partial charge in [0.25, 0.3) is 5.91 Å². The summed E-state index contributed by atoms with van der Waals surface area (Å²) < 4.78 is 11.9. The Morgan fingerprint density at radius 1 is 1.18 bits per heavy atom. The highest BCUT2D eigenvalue weighted by Crippen LogP contribution is 2.49. The van der Waals surface area contributed by atoms with Crippen LogP contribution in [0.1, 0.15) is 60.8 Å². The molecule has 3 aliphatic rings. The first-order valence-corrected chi connectivity index (χ1v) is 8.44. The van der Waals surface area contributed by atoms with Gasteiger partial charge in [-0.15, -0.1) is 0 Å². The molecule has 1 N–H and O–H groups in total. The molecule has 0 bridgehead atoms. The molecule has 1 amide bonds. The number of piperidine rings is 1. The lowest BCUT2D eigenvalue weighted by Gasteiger charge is -2.53. The normalized spacial score (nSPS) is 38.5. The summed E-state index contributed by atoms with van der Waals surface area (Å²) in [6.45, 7) is 14.1. The van der Waals surface area contributed by atoms with Crippen LogP contribution in [0.3, 0.4) is 0 Å². The van der Waals surface area contributed by atoms with E-state index in [0.717, 1.165) is 19.4 Å². The maximum absolute atomic E-state index is 13.0. The van der Waals surface area contributed by atoms with Crippen molar-refractivity contribution in [2.45, 2.75) is 89.3 Å². The van der Waals surface area contributed by atoms with Crippen LogP contribution in [0.4, 0.5) is 0 Å². The highest BCUT2D eigenvalue weighted by Gasteiger charge is 2.63. The fraction of sp³-hybridized carbons (Fsp3) is 0.941. The fourth-order valence-corrected chi connectivity index (χ4v) is 4.55. The summed E-state index contributed by atoms with van der Waals surface area (Å²) in [6, 6.07) is 0. The summed E-state index contributed by atoms with van der Waals surface area (Å²) in [5.41, 5.74) is -1.39. The van der Waals surface area contributed by atoms with Crippen LogP contribution in [0.25, 0.3) is 0 Å². The van der Waals surface area contributed by atoms with Crippen LogP contribution in [0, 0.1) is 0 Å². The lowest BCUT2D eigenvalue weighted by atomic mass is 9.76. The quantitative estimate of drug-likeness (QED) is 0.811. The van der Waals surface area contributed by atoms with Crippen LogP contribution in [0.15, 0.2) is 0 Å². The molecular formula is C17H30N2O3. The molecule has 2 atom stereocenters. The third kappa shape index (κ3) is 2.68. The summed E-state index contributed by atoms with van der Waals surface area (Å²) >= 11 is 0. The lowest BCUT2D eigenvalue weighted by molar-refractivity contribution is -0.182. The van der Waals surface area contributed by atoms with Crippen molar-refractivity contribution < 1.29 is 14.3 Å². The summed E-state index contributed by atoms with van der Waals surface area (Å²) in [7, 11) is 0. The predicted octanol–water partition coefficient (Wildman–Crippen LogP) is 2.05. The van der Waals surface area contributed by atoms with Gasteiger partial charge in [0.05, 0.1) is 19.3 Å². The first kappa shape index (κ1) is 16.2. The van der Waals surface area contributed by atoms with E-state index in [9.17, 15) is 4.79 Å². The summed E-state index contributed by atoms with van der Waals surface area (Å²) in [5.74, 6) is 0.124. The van der Waals surface area contributed by atoms with Gasteiger partial charge in [-0.3, -0.25) is 4.79 Å². The molecule has 0 aromatic rings. The average molecular weight is 310 g/mol. The zero-order chi connectivity index (χ0) is 16.4. The summed E-state index contributed by atoms with van der Waals surface area (Å²) in [5, 5.41) is 3.68. The van der Waals surface area contributed by atoms with E-state index < -0.39 is 11.3 Å². The minimum atomic E-state index is -0.710. The second-order valence-electron chi connectivity index (χ2n) is 8.75. The van der Waals surface area contributed by atoms with Crippen LogP contribution < -0.4 is 5.32 Å². The van der Waals surface area contributed by atoms with Crippen LogP contribution in [-0.2, 0) is 14.3 Å². The van der Waals surface area contributed by atoms with Gasteiger partial charge in [0.15, 0.2) is 0 Å². The van der Waals surface area contributed by atoms with E-state index in [0.29, 0.717) is 13.0 Å². The SMILES string of the molecule is CCC1(C)OC2(CC(C)(C)NC(C)(C)C2)N(CC2CO2)C1=O. The Kier molecular flexibility index (Phi) is 3.45. The molecular weight excluding hydrogens is 280 g/mol. The van der Waals surface area contributed by atoms with E-state index in [1.807, 2.05) is 18.7 Å². The van der Waals surface area contributed by atoms with E-state index in [2.05, 4.69) is 33.0 Å². The van der Waals surface area contributed by atoms with E-state index in [1.165, 1.54) is 0 Å². The van der Waals surface area contributed by atoms with Crippen molar-refractivity contribution >= 4 is 5.91 Å². The molecule has 1 spiro atoms. The predicted molar refractivity (Wildman–Crippen MR) is 84.5 cm³/mol. The molecule has 3 aliphatic heterocycles. The number of nitrogens with one attached hydrogen (secondary N) is 1. The van der Waals surface area contributed by atoms with Crippen molar-refractivity contribution in [2.75, 3.05) is 13.2 Å². The number of carbonyl (C=O) groups is 1. The van der Waals surface area contributed by atoms with Gasteiger partial charge in [-0.25, -0.2) is 0 Å². The van der Waals surface area contributed by atoms with Crippen LogP contribution >= 0.6 is 0 Å². The highest BCUT2D eigenvalue weighted by molar-refractivity contribution is 5.87. The summed E-state index contributed by atoms with van der Waals surface area (Å²) in [4.78, 5) is 15.0. The van der Waals surface area contributed by atoms with E-state index in [-0.39, 0.29) is 23.1 Å². The molecule has 0 radical (unpaired) electrons. The first-order chi connectivity index (χ1) is 10.0. The van der Waals surface area contributed by atoms with Crippen molar-refractivity contribution in [1.82, 2.24) is 10.2 Å². The van der Waals surface area contributed by atoms with E-state index in [1.54, 1.807) is 0 Å². The monoisotopic (exact) mass is 310 g/mol. The third-order valence-corrected chi connectivity index (χ3v) is 5.18. The van der Waals surface area contributed by atoms with Gasteiger partial charge in [0, 0.05) is 23.9 Å². The smallest absolute Gasteiger partial charge is 0.256 e. The van der Waals surface area contributed by atoms with Gasteiger partial charge < -0.3 is 19.7 Å². The van der Waals surface area contributed by atoms with Crippen molar-refractivity contribution in [3.8, 4) is 0 Å². The van der Waals surface area contributed by atoms with Crippen LogP contribution in [-0.4, -0.2) is 52.5 Å². The van der Waals surface area contributed by atoms with Gasteiger partial charge >= 0.3 is 0 Å². The largest absolute Gasteiger partial charge is 0.371 e. The Hall–Kier alpha value is -0.650. The van der Waals surface area contributed by atoms with Crippen molar-refractivity contribution in [3.63, 3.8) is 0 Å². The minimum Gasteiger partial charge on any atom is -0.371 e. The molecule has 3 fully saturated rings. The standard InChI is InChI=1S/C17H30N2O3/c1-7-16(6)13(20)19(8-12-9-21-12)17(22-16)10-14(2,3)18-15(4,5)11-17/h12,18H,7-11H2,1-6H3. The van der Waals surface area contributed by atoms with Gasteiger partial charge in [0.2, 0.25) is 0 Å². The lowest BCUT2D eigenvalue weighted by Crippen LogP contribution is -2.67. The topological polar surface area (TPSA) is 54.1 Å². The second kappa shape index (κ2) is 4.68. The fourth-order valence-electron chi connectivity index (χ4n) is 4.55. The first-order valence-electron chi connectivity index (χ1n) is 8.44. The van der Waals surface area contributed by atoms with Gasteiger partial charge in [0.1, 0.15) is 11.3 Å². The molecule has 126 valence electrons. The van der Waals surface area contributed by atoms with E-state index in [4.69, 9.17) is 9.47 Å². The Morgan fingerprint density at radius 3 is 2.18 bits per heavy atom. The second-order valence-corrected chi connectivity index (χ2v) is 8.75. The molecule has 0 aliphatic carbocycles. The van der Waals surface area contributed by atoms with Gasteiger partial charge in [-0.05, 0) is 41.0 Å². The number of carbonyl (C=O) groups excluding carboxylic acids is 1. The molecule has 22 heavy (non-hydrogen) atoms. The van der Waals surface area contributed by atoms with Crippen molar-refractivity contribution in [2.24, 2.45) is 0 Å². The molecule has 5 heteroatoms. The van der Waals surface area contributed by atoms with Crippen molar-refractivity contribution in [3.05, 3.63) is 0 Å². The van der Waals surface area contributed by atoms with Crippen molar-refractivity contribution in [1.29, 1.82) is 0 Å². The highest BCUT2D eigenvalue weighted by atomic mass is 16.6. The molecule has 0 aromatic heterocycles. The number of rotatable bonds is 3. The molecule has 5 nitrogen and oxygen atoms in total. The molecule has 3 saturated heterocycles. The number of amides is 1. The van der Waals surface area contributed by atoms with Gasteiger partial charge in [-0.2, -0.15) is 0 Å². The van der Waals surface area contributed by atoms with Gasteiger partial charge in [-0.1, -0.05) is 6.92 Å². The Bertz CT molecular complexity index is 468. The Morgan fingerprint density at radius 2 is 1.73 bits per heavy atom. The zero-order valence-electron chi connectivity index (χ0n) is 14.8. The molecule has 3 rings (SSSR count). The Labute approximate surface area is 133 Å².